The van der Waals surface area contributed by atoms with Gasteiger partial charge in [-0.15, -0.1) is 0 Å². The Balaban J connectivity index is 1.68. The summed E-state index contributed by atoms with van der Waals surface area (Å²) in [6.45, 7) is 4.02. The average Bonchev–Trinajstić information content (AvgIpc) is 3.14. The Kier molecular flexibility index (Phi) is 6.32. The third kappa shape index (κ3) is 4.46. The summed E-state index contributed by atoms with van der Waals surface area (Å²) in [7, 11) is 0. The van der Waals surface area contributed by atoms with E-state index in [0.29, 0.717) is 6.42 Å². The summed E-state index contributed by atoms with van der Waals surface area (Å²) in [6.07, 6.45) is 3.94. The number of anilines is 1. The number of nitrogens with one attached hydrogen (secondary N) is 1. The number of para-hydroxylation sites is 1. The first kappa shape index (κ1) is 21.1. The standard InChI is InChI=1S/C24H23FN4OS/c1-3-21(23(30)27-19-11-7-6-10-18(19)25)29-22-14-26-13-12-20(22)28-24(29)31-15-17-9-5-4-8-16(17)2/h4-14,21H,3,15H2,1-2H3,(H,27,30)/t21-/m0/s1. The molecule has 2 heterocycles. The Labute approximate surface area is 184 Å². The van der Waals surface area contributed by atoms with Crippen molar-refractivity contribution < 1.29 is 9.18 Å². The molecule has 158 valence electrons. The van der Waals surface area contributed by atoms with E-state index in [-0.39, 0.29) is 11.6 Å². The fourth-order valence-electron chi connectivity index (χ4n) is 3.50. The number of fused-ring (bicyclic) bond motifs is 1. The van der Waals surface area contributed by atoms with Crippen molar-refractivity contribution in [2.75, 3.05) is 5.32 Å². The molecule has 0 bridgehead atoms. The maximum absolute atomic E-state index is 14.1. The molecule has 0 aliphatic heterocycles. The molecule has 0 aliphatic carbocycles. The van der Waals surface area contributed by atoms with Crippen molar-refractivity contribution in [1.82, 2.24) is 14.5 Å². The van der Waals surface area contributed by atoms with Gasteiger partial charge in [0.1, 0.15) is 11.9 Å². The number of pyridine rings is 1. The van der Waals surface area contributed by atoms with Gasteiger partial charge in [0.25, 0.3) is 0 Å². The molecule has 0 radical (unpaired) electrons. The number of rotatable bonds is 7. The number of hydrogen-bond donors (Lipinski definition) is 1. The predicted octanol–water partition coefficient (Wildman–Crippen LogP) is 5.76. The van der Waals surface area contributed by atoms with Gasteiger partial charge >= 0.3 is 0 Å². The maximum atomic E-state index is 14.1. The highest BCUT2D eigenvalue weighted by molar-refractivity contribution is 7.98. The van der Waals surface area contributed by atoms with Crippen LogP contribution in [-0.2, 0) is 10.5 Å². The zero-order valence-electron chi connectivity index (χ0n) is 17.4. The topological polar surface area (TPSA) is 59.8 Å². The number of benzene rings is 2. The molecule has 5 nitrogen and oxygen atoms in total. The van der Waals surface area contributed by atoms with Crippen LogP contribution in [0, 0.1) is 12.7 Å². The number of aryl methyl sites for hydroxylation is 1. The van der Waals surface area contributed by atoms with E-state index < -0.39 is 11.9 Å². The lowest BCUT2D eigenvalue weighted by atomic mass is 10.1. The van der Waals surface area contributed by atoms with Crippen LogP contribution in [0.4, 0.5) is 10.1 Å². The predicted molar refractivity (Wildman–Crippen MR) is 123 cm³/mol. The van der Waals surface area contributed by atoms with E-state index in [1.54, 1.807) is 42.4 Å². The van der Waals surface area contributed by atoms with Crippen LogP contribution in [0.25, 0.3) is 11.0 Å². The van der Waals surface area contributed by atoms with Gasteiger partial charge in [-0.25, -0.2) is 9.37 Å². The number of thioether (sulfide) groups is 1. The molecular formula is C24H23FN4OS. The first-order chi connectivity index (χ1) is 15.1. The molecule has 7 heteroatoms. The Bertz CT molecular complexity index is 1220. The minimum absolute atomic E-state index is 0.169. The van der Waals surface area contributed by atoms with E-state index in [0.717, 1.165) is 21.9 Å². The van der Waals surface area contributed by atoms with E-state index in [1.165, 1.54) is 17.2 Å². The van der Waals surface area contributed by atoms with Gasteiger partial charge in [0.15, 0.2) is 5.16 Å². The van der Waals surface area contributed by atoms with Crippen LogP contribution in [0.15, 0.2) is 72.1 Å². The summed E-state index contributed by atoms with van der Waals surface area (Å²) >= 11 is 1.58. The first-order valence-electron chi connectivity index (χ1n) is 10.1. The summed E-state index contributed by atoms with van der Waals surface area (Å²) in [6, 6.07) is 15.7. The normalized spacial score (nSPS) is 12.1. The minimum Gasteiger partial charge on any atom is -0.322 e. The van der Waals surface area contributed by atoms with Crippen LogP contribution in [0.5, 0.6) is 0 Å². The molecule has 2 aromatic carbocycles. The highest BCUT2D eigenvalue weighted by Crippen LogP contribution is 2.32. The minimum atomic E-state index is -0.548. The maximum Gasteiger partial charge on any atom is 0.247 e. The lowest BCUT2D eigenvalue weighted by Gasteiger charge is -2.20. The molecule has 0 unspecified atom stereocenters. The van der Waals surface area contributed by atoms with Crippen LogP contribution in [-0.4, -0.2) is 20.4 Å². The van der Waals surface area contributed by atoms with E-state index in [9.17, 15) is 9.18 Å². The molecule has 0 saturated heterocycles. The summed E-state index contributed by atoms with van der Waals surface area (Å²) in [5.41, 5.74) is 4.16. The van der Waals surface area contributed by atoms with Crippen molar-refractivity contribution in [3.05, 3.63) is 83.9 Å². The zero-order chi connectivity index (χ0) is 21.8. The highest BCUT2D eigenvalue weighted by atomic mass is 32.2. The van der Waals surface area contributed by atoms with Crippen LogP contribution < -0.4 is 5.32 Å². The van der Waals surface area contributed by atoms with E-state index in [4.69, 9.17) is 4.98 Å². The summed E-state index contributed by atoms with van der Waals surface area (Å²) in [5, 5.41) is 3.47. The molecule has 2 aromatic heterocycles. The molecular weight excluding hydrogens is 411 g/mol. The van der Waals surface area contributed by atoms with Crippen LogP contribution in [0.3, 0.4) is 0 Å². The summed E-state index contributed by atoms with van der Waals surface area (Å²) in [5.74, 6) is -0.0140. The number of carbonyl (C=O) groups excluding carboxylic acids is 1. The second kappa shape index (κ2) is 9.31. The molecule has 0 aliphatic rings. The highest BCUT2D eigenvalue weighted by Gasteiger charge is 2.25. The number of carbonyl (C=O) groups is 1. The lowest BCUT2D eigenvalue weighted by Crippen LogP contribution is -2.26. The summed E-state index contributed by atoms with van der Waals surface area (Å²) in [4.78, 5) is 22.2. The fraction of sp³-hybridized carbons (Fsp3) is 0.208. The van der Waals surface area contributed by atoms with Gasteiger partial charge in [0.05, 0.1) is 22.9 Å². The number of nitrogens with zero attached hydrogens (tertiary/aromatic N) is 3. The second-order valence-electron chi connectivity index (χ2n) is 7.24. The second-order valence-corrected chi connectivity index (χ2v) is 8.18. The van der Waals surface area contributed by atoms with Gasteiger partial charge in [0, 0.05) is 11.9 Å². The lowest BCUT2D eigenvalue weighted by molar-refractivity contribution is -0.119. The Morgan fingerprint density at radius 2 is 1.94 bits per heavy atom. The monoisotopic (exact) mass is 434 g/mol. The van der Waals surface area contributed by atoms with Gasteiger partial charge in [-0.1, -0.05) is 55.1 Å². The van der Waals surface area contributed by atoms with Crippen molar-refractivity contribution in [3.8, 4) is 0 Å². The number of amides is 1. The molecule has 1 N–H and O–H groups in total. The molecule has 1 atom stereocenters. The number of aromatic nitrogens is 3. The molecule has 0 spiro atoms. The Morgan fingerprint density at radius 3 is 2.71 bits per heavy atom. The van der Waals surface area contributed by atoms with Crippen molar-refractivity contribution in [2.24, 2.45) is 0 Å². The number of halogens is 1. The average molecular weight is 435 g/mol. The van der Waals surface area contributed by atoms with Crippen molar-refractivity contribution in [2.45, 2.75) is 37.2 Å². The Morgan fingerprint density at radius 1 is 1.16 bits per heavy atom. The smallest absolute Gasteiger partial charge is 0.247 e. The van der Waals surface area contributed by atoms with Gasteiger partial charge < -0.3 is 9.88 Å². The SMILES string of the molecule is CC[C@@H](C(=O)Nc1ccccc1F)n1c(SCc2ccccc2C)nc2ccncc21. The van der Waals surface area contributed by atoms with Gasteiger partial charge in [-0.3, -0.25) is 9.78 Å². The van der Waals surface area contributed by atoms with Crippen molar-refractivity contribution in [1.29, 1.82) is 0 Å². The van der Waals surface area contributed by atoms with Gasteiger partial charge in [0.2, 0.25) is 5.91 Å². The fourth-order valence-corrected chi connectivity index (χ4v) is 4.64. The number of imidazole rings is 1. The quantitative estimate of drug-likeness (QED) is 0.376. The molecule has 4 aromatic rings. The van der Waals surface area contributed by atoms with Crippen LogP contribution in [0.1, 0.15) is 30.5 Å². The molecule has 4 rings (SSSR count). The van der Waals surface area contributed by atoms with E-state index in [2.05, 4.69) is 29.4 Å². The molecule has 31 heavy (non-hydrogen) atoms. The molecule has 0 saturated carbocycles. The van der Waals surface area contributed by atoms with Gasteiger partial charge in [-0.05, 0) is 42.7 Å². The third-order valence-electron chi connectivity index (χ3n) is 5.21. The Hall–Kier alpha value is -3.19. The molecule has 1 amide bonds. The summed E-state index contributed by atoms with van der Waals surface area (Å²) < 4.78 is 16.0. The number of hydrogen-bond acceptors (Lipinski definition) is 4. The first-order valence-corrected chi connectivity index (χ1v) is 11.1. The van der Waals surface area contributed by atoms with Gasteiger partial charge in [-0.2, -0.15) is 0 Å². The van der Waals surface area contributed by atoms with Crippen LogP contribution >= 0.6 is 11.8 Å². The van der Waals surface area contributed by atoms with Crippen molar-refractivity contribution in [3.63, 3.8) is 0 Å². The molecule has 0 fully saturated rings. The van der Waals surface area contributed by atoms with Crippen LogP contribution in [0.2, 0.25) is 0 Å². The zero-order valence-corrected chi connectivity index (χ0v) is 18.2. The van der Waals surface area contributed by atoms with E-state index in [1.807, 2.05) is 29.7 Å². The van der Waals surface area contributed by atoms with Crippen molar-refractivity contribution >= 4 is 34.4 Å². The third-order valence-corrected chi connectivity index (χ3v) is 6.21. The largest absolute Gasteiger partial charge is 0.322 e. The van der Waals surface area contributed by atoms with E-state index >= 15 is 0 Å².